The smallest absolute Gasteiger partial charge is 0.299 e. The molecule has 0 amide bonds. The minimum absolute atomic E-state index is 0.0671. The fourth-order valence-electron chi connectivity index (χ4n) is 0.611. The molecule has 0 aromatic carbocycles. The lowest BCUT2D eigenvalue weighted by molar-refractivity contribution is -0.0298. The van der Waals surface area contributed by atoms with Crippen LogP contribution in [0, 0.1) is 0 Å². The Morgan fingerprint density at radius 2 is 2.10 bits per heavy atom. The topological polar surface area (TPSA) is 46.6 Å². The molecule has 1 saturated heterocycles. The molecule has 0 aliphatic carbocycles. The van der Waals surface area contributed by atoms with Crippen molar-refractivity contribution >= 4 is 19.9 Å². The minimum atomic E-state index is -3.54. The molecular weight excluding hydrogens is 178 g/mol. The molecule has 1 aliphatic heterocycles. The lowest BCUT2D eigenvalue weighted by Crippen LogP contribution is -2.48. The van der Waals surface area contributed by atoms with Gasteiger partial charge in [0, 0.05) is 17.7 Å². The Bertz CT molecular complexity index is 211. The summed E-state index contributed by atoms with van der Waals surface area (Å²) in [5, 5.41) is 0. The first kappa shape index (κ1) is 8.26. The van der Waals surface area contributed by atoms with Crippen molar-refractivity contribution in [3.63, 3.8) is 0 Å². The number of rotatable bonds is 2. The van der Waals surface area contributed by atoms with Gasteiger partial charge >= 0.3 is 0 Å². The van der Waals surface area contributed by atoms with Gasteiger partial charge in [-0.05, 0) is 0 Å². The van der Waals surface area contributed by atoms with Crippen LogP contribution in [-0.2, 0) is 14.0 Å². The predicted octanol–water partition coefficient (Wildman–Crippen LogP) is -0.199. The van der Waals surface area contributed by atoms with Gasteiger partial charge in [0.05, 0.1) is 19.3 Å². The first-order valence-corrected chi connectivity index (χ1v) is 5.04. The van der Waals surface area contributed by atoms with Crippen molar-refractivity contribution in [1.82, 2.24) is 4.31 Å². The summed E-state index contributed by atoms with van der Waals surface area (Å²) >= 11 is 0. The average molecular weight is 186 g/mol. The highest BCUT2D eigenvalue weighted by Crippen LogP contribution is 2.14. The number of hydrogen-bond acceptors (Lipinski definition) is 3. The Hall–Kier alpha value is 0.160. The first-order chi connectivity index (χ1) is 4.52. The van der Waals surface area contributed by atoms with Crippen LogP contribution in [0.1, 0.15) is 0 Å². The minimum Gasteiger partial charge on any atom is -0.378 e. The maximum atomic E-state index is 10.6. The van der Waals surface area contributed by atoms with Crippen molar-refractivity contribution in [3.05, 3.63) is 0 Å². The maximum Gasteiger partial charge on any atom is 0.299 e. The SMILES string of the molecule is CN(C1COC1)S(=O)(=O)Cl. The molecule has 1 rings (SSSR count). The van der Waals surface area contributed by atoms with Crippen molar-refractivity contribution in [2.24, 2.45) is 0 Å². The summed E-state index contributed by atoms with van der Waals surface area (Å²) in [5.41, 5.74) is 0. The van der Waals surface area contributed by atoms with Crippen molar-refractivity contribution in [2.75, 3.05) is 20.3 Å². The lowest BCUT2D eigenvalue weighted by atomic mass is 10.3. The van der Waals surface area contributed by atoms with Gasteiger partial charge in [-0.2, -0.15) is 12.7 Å². The van der Waals surface area contributed by atoms with E-state index in [-0.39, 0.29) is 6.04 Å². The largest absolute Gasteiger partial charge is 0.378 e. The van der Waals surface area contributed by atoms with E-state index >= 15 is 0 Å². The van der Waals surface area contributed by atoms with E-state index in [1.165, 1.54) is 7.05 Å². The Morgan fingerprint density at radius 3 is 2.20 bits per heavy atom. The molecule has 1 aliphatic rings. The van der Waals surface area contributed by atoms with Crippen LogP contribution >= 0.6 is 10.7 Å². The van der Waals surface area contributed by atoms with Gasteiger partial charge in [0.1, 0.15) is 0 Å². The molecule has 0 unspecified atom stereocenters. The zero-order valence-electron chi connectivity index (χ0n) is 5.45. The van der Waals surface area contributed by atoms with Crippen LogP contribution in [0.25, 0.3) is 0 Å². The third-order valence-corrected chi connectivity index (χ3v) is 3.12. The average Bonchev–Trinajstić information content (AvgIpc) is 1.57. The number of nitrogens with zero attached hydrogens (tertiary/aromatic N) is 1. The molecule has 0 aromatic heterocycles. The maximum absolute atomic E-state index is 10.6. The van der Waals surface area contributed by atoms with Gasteiger partial charge in [0.2, 0.25) is 0 Å². The van der Waals surface area contributed by atoms with E-state index < -0.39 is 9.24 Å². The lowest BCUT2D eigenvalue weighted by Gasteiger charge is -2.31. The second-order valence-corrected chi connectivity index (χ2v) is 4.72. The highest BCUT2D eigenvalue weighted by molar-refractivity contribution is 8.11. The van der Waals surface area contributed by atoms with Gasteiger partial charge < -0.3 is 4.74 Å². The standard InChI is InChI=1S/C4H8ClNO3S/c1-6(10(5,7)8)4-2-9-3-4/h4H,2-3H2,1H3. The van der Waals surface area contributed by atoms with Crippen molar-refractivity contribution in [3.8, 4) is 0 Å². The van der Waals surface area contributed by atoms with E-state index in [2.05, 4.69) is 0 Å². The summed E-state index contributed by atoms with van der Waals surface area (Å²) in [5.74, 6) is 0. The molecule has 1 heterocycles. The van der Waals surface area contributed by atoms with Gasteiger partial charge in [-0.1, -0.05) is 0 Å². The second-order valence-electron chi connectivity index (χ2n) is 2.15. The molecule has 0 atom stereocenters. The third kappa shape index (κ3) is 1.60. The Kier molecular flexibility index (Phi) is 2.19. The van der Waals surface area contributed by atoms with Crippen molar-refractivity contribution in [2.45, 2.75) is 6.04 Å². The summed E-state index contributed by atoms with van der Waals surface area (Å²) in [6.45, 7) is 0.894. The zero-order valence-corrected chi connectivity index (χ0v) is 7.02. The van der Waals surface area contributed by atoms with E-state index in [0.717, 1.165) is 4.31 Å². The van der Waals surface area contributed by atoms with Gasteiger partial charge in [-0.25, -0.2) is 0 Å². The van der Waals surface area contributed by atoms with E-state index in [0.29, 0.717) is 13.2 Å². The molecule has 0 radical (unpaired) electrons. The molecule has 0 bridgehead atoms. The quantitative estimate of drug-likeness (QED) is 0.560. The molecule has 60 valence electrons. The number of hydrogen-bond donors (Lipinski definition) is 0. The van der Waals surface area contributed by atoms with Crippen LogP contribution in [0.4, 0.5) is 0 Å². The Labute approximate surface area is 64.3 Å². The van der Waals surface area contributed by atoms with Crippen LogP contribution in [0.2, 0.25) is 0 Å². The summed E-state index contributed by atoms with van der Waals surface area (Å²) in [4.78, 5) is 0. The summed E-state index contributed by atoms with van der Waals surface area (Å²) in [6.07, 6.45) is 0. The summed E-state index contributed by atoms with van der Waals surface area (Å²) in [6, 6.07) is -0.0671. The molecule has 4 nitrogen and oxygen atoms in total. The van der Waals surface area contributed by atoms with E-state index in [4.69, 9.17) is 15.4 Å². The fourth-order valence-corrected chi connectivity index (χ4v) is 1.43. The molecule has 0 N–H and O–H groups in total. The second kappa shape index (κ2) is 2.65. The third-order valence-electron chi connectivity index (χ3n) is 1.48. The van der Waals surface area contributed by atoms with Crippen molar-refractivity contribution in [1.29, 1.82) is 0 Å². The molecular formula is C4H8ClNO3S. The van der Waals surface area contributed by atoms with Gasteiger partial charge in [0.15, 0.2) is 0 Å². The van der Waals surface area contributed by atoms with E-state index in [1.807, 2.05) is 0 Å². The van der Waals surface area contributed by atoms with Gasteiger partial charge in [-0.3, -0.25) is 0 Å². The van der Waals surface area contributed by atoms with E-state index in [9.17, 15) is 8.42 Å². The molecule has 0 spiro atoms. The van der Waals surface area contributed by atoms with Crippen LogP contribution in [0.3, 0.4) is 0 Å². The highest BCUT2D eigenvalue weighted by Gasteiger charge is 2.29. The summed E-state index contributed by atoms with van der Waals surface area (Å²) < 4.78 is 27.1. The predicted molar refractivity (Wildman–Crippen MR) is 37.1 cm³/mol. The van der Waals surface area contributed by atoms with E-state index in [1.54, 1.807) is 0 Å². The molecule has 6 heteroatoms. The normalized spacial score (nSPS) is 21.1. The van der Waals surface area contributed by atoms with Crippen LogP contribution < -0.4 is 0 Å². The van der Waals surface area contributed by atoms with Crippen LogP contribution in [0.5, 0.6) is 0 Å². The van der Waals surface area contributed by atoms with Crippen LogP contribution in [-0.4, -0.2) is 39.0 Å². The van der Waals surface area contributed by atoms with Gasteiger partial charge in [-0.15, -0.1) is 0 Å². The Morgan fingerprint density at radius 1 is 1.60 bits per heavy atom. The number of halogens is 1. The highest BCUT2D eigenvalue weighted by atomic mass is 35.7. The summed E-state index contributed by atoms with van der Waals surface area (Å²) in [7, 11) is 2.94. The first-order valence-electron chi connectivity index (χ1n) is 2.77. The molecule has 0 aromatic rings. The monoisotopic (exact) mass is 185 g/mol. The fraction of sp³-hybridized carbons (Fsp3) is 1.00. The van der Waals surface area contributed by atoms with Gasteiger partial charge in [0.25, 0.3) is 9.24 Å². The Balaban J connectivity index is 2.56. The van der Waals surface area contributed by atoms with Crippen molar-refractivity contribution < 1.29 is 13.2 Å². The number of ether oxygens (including phenoxy) is 1. The molecule has 0 saturated carbocycles. The molecule has 10 heavy (non-hydrogen) atoms. The number of likely N-dealkylation sites (N-methyl/N-ethyl adjacent to an activating group) is 1. The molecule has 1 fully saturated rings. The van der Waals surface area contributed by atoms with Crippen LogP contribution in [0.15, 0.2) is 0 Å². The zero-order chi connectivity index (χ0) is 7.78.